The highest BCUT2D eigenvalue weighted by Gasteiger charge is 2.20. The van der Waals surface area contributed by atoms with Crippen molar-refractivity contribution in [1.29, 1.82) is 0 Å². The highest BCUT2D eigenvalue weighted by Crippen LogP contribution is 2.15. The average molecular weight is 264 g/mol. The molecule has 2 rings (SSSR count). The summed E-state index contributed by atoms with van der Waals surface area (Å²) in [6, 6.07) is 4.10. The van der Waals surface area contributed by atoms with E-state index in [2.05, 4.69) is 19.2 Å². The van der Waals surface area contributed by atoms with E-state index in [1.54, 1.807) is 6.07 Å². The van der Waals surface area contributed by atoms with Crippen molar-refractivity contribution in [2.24, 2.45) is 0 Å². The van der Waals surface area contributed by atoms with Crippen LogP contribution in [0.4, 0.5) is 0 Å². The first-order valence-electron chi connectivity index (χ1n) is 7.28. The zero-order valence-corrected chi connectivity index (χ0v) is 11.9. The molecule has 0 bridgehead atoms. The van der Waals surface area contributed by atoms with Crippen molar-refractivity contribution in [3.63, 3.8) is 0 Å². The van der Waals surface area contributed by atoms with Crippen molar-refractivity contribution >= 4 is 5.91 Å². The van der Waals surface area contributed by atoms with E-state index in [-0.39, 0.29) is 5.91 Å². The largest absolute Gasteiger partial charge is 0.455 e. The highest BCUT2D eigenvalue weighted by molar-refractivity contribution is 5.91. The SMILES string of the molecule is CC(C)NCc1ccc(C(=O)N2CCCCCC2)o1. The smallest absolute Gasteiger partial charge is 0.289 e. The standard InChI is InChI=1S/C15H24N2O2/c1-12(2)16-11-13-7-8-14(19-13)15(18)17-9-5-3-4-6-10-17/h7-8,12,16H,3-6,9-11H2,1-2H3. The lowest BCUT2D eigenvalue weighted by Crippen LogP contribution is -2.31. The number of hydrogen-bond acceptors (Lipinski definition) is 3. The molecule has 4 nitrogen and oxygen atoms in total. The fourth-order valence-electron chi connectivity index (χ4n) is 2.32. The molecule has 0 unspecified atom stereocenters. The third-order valence-corrected chi connectivity index (χ3v) is 3.45. The van der Waals surface area contributed by atoms with Crippen molar-refractivity contribution in [1.82, 2.24) is 10.2 Å². The number of nitrogens with one attached hydrogen (secondary N) is 1. The molecule has 0 saturated carbocycles. The monoisotopic (exact) mass is 264 g/mol. The molecular weight excluding hydrogens is 240 g/mol. The Kier molecular flexibility index (Phi) is 5.02. The Bertz CT molecular complexity index is 404. The molecule has 19 heavy (non-hydrogen) atoms. The number of furan rings is 1. The number of carbonyl (C=O) groups excluding carboxylic acids is 1. The molecule has 106 valence electrons. The summed E-state index contributed by atoms with van der Waals surface area (Å²) >= 11 is 0. The van der Waals surface area contributed by atoms with Crippen LogP contribution < -0.4 is 5.32 Å². The summed E-state index contributed by atoms with van der Waals surface area (Å²) in [6.45, 7) is 6.57. The first-order valence-corrected chi connectivity index (χ1v) is 7.28. The van der Waals surface area contributed by atoms with Crippen molar-refractivity contribution in [3.05, 3.63) is 23.7 Å². The summed E-state index contributed by atoms with van der Waals surface area (Å²) in [7, 11) is 0. The van der Waals surface area contributed by atoms with Crippen LogP contribution in [0.25, 0.3) is 0 Å². The van der Waals surface area contributed by atoms with Crippen LogP contribution in [0, 0.1) is 0 Å². The Morgan fingerprint density at radius 1 is 1.26 bits per heavy atom. The second-order valence-corrected chi connectivity index (χ2v) is 5.51. The summed E-state index contributed by atoms with van der Waals surface area (Å²) in [5, 5.41) is 3.28. The van der Waals surface area contributed by atoms with E-state index < -0.39 is 0 Å². The molecule has 0 atom stereocenters. The Morgan fingerprint density at radius 3 is 2.58 bits per heavy atom. The molecule has 2 heterocycles. The number of rotatable bonds is 4. The molecule has 1 amide bonds. The van der Waals surface area contributed by atoms with Gasteiger partial charge >= 0.3 is 0 Å². The maximum Gasteiger partial charge on any atom is 0.289 e. The minimum absolute atomic E-state index is 0.0395. The number of amides is 1. The van der Waals surface area contributed by atoms with Gasteiger partial charge in [-0.15, -0.1) is 0 Å². The van der Waals surface area contributed by atoms with Gasteiger partial charge < -0.3 is 14.6 Å². The van der Waals surface area contributed by atoms with Crippen molar-refractivity contribution < 1.29 is 9.21 Å². The van der Waals surface area contributed by atoms with E-state index >= 15 is 0 Å². The van der Waals surface area contributed by atoms with Crippen molar-refractivity contribution in [2.75, 3.05) is 13.1 Å². The number of nitrogens with zero attached hydrogens (tertiary/aromatic N) is 1. The Labute approximate surface area is 115 Å². The fourth-order valence-corrected chi connectivity index (χ4v) is 2.32. The maximum atomic E-state index is 12.3. The molecule has 0 aliphatic carbocycles. The Morgan fingerprint density at radius 2 is 1.95 bits per heavy atom. The molecule has 0 aromatic carbocycles. The molecule has 1 aliphatic rings. The van der Waals surface area contributed by atoms with Gasteiger partial charge in [0.25, 0.3) is 5.91 Å². The van der Waals surface area contributed by atoms with E-state index in [1.165, 1.54) is 12.8 Å². The van der Waals surface area contributed by atoms with E-state index in [1.807, 2.05) is 11.0 Å². The molecular formula is C15H24N2O2. The summed E-state index contributed by atoms with van der Waals surface area (Å²) in [5.41, 5.74) is 0. The number of likely N-dealkylation sites (tertiary alicyclic amines) is 1. The average Bonchev–Trinajstić information content (AvgIpc) is 2.69. The van der Waals surface area contributed by atoms with Crippen LogP contribution in [0.2, 0.25) is 0 Å². The predicted molar refractivity (Wildman–Crippen MR) is 75.1 cm³/mol. The molecule has 0 radical (unpaired) electrons. The van der Waals surface area contributed by atoms with Gasteiger partial charge in [0.05, 0.1) is 6.54 Å². The third-order valence-electron chi connectivity index (χ3n) is 3.45. The first-order chi connectivity index (χ1) is 9.16. The predicted octanol–water partition coefficient (Wildman–Crippen LogP) is 2.79. The lowest BCUT2D eigenvalue weighted by molar-refractivity contribution is 0.0727. The van der Waals surface area contributed by atoms with Crippen LogP contribution >= 0.6 is 0 Å². The topological polar surface area (TPSA) is 45.5 Å². The van der Waals surface area contributed by atoms with Gasteiger partial charge in [0.2, 0.25) is 0 Å². The third kappa shape index (κ3) is 4.10. The van der Waals surface area contributed by atoms with Crippen LogP contribution in [0.5, 0.6) is 0 Å². The van der Waals surface area contributed by atoms with Gasteiger partial charge in [-0.1, -0.05) is 26.7 Å². The zero-order valence-electron chi connectivity index (χ0n) is 11.9. The molecule has 1 saturated heterocycles. The molecule has 1 N–H and O–H groups in total. The van der Waals surface area contributed by atoms with Crippen LogP contribution in [-0.2, 0) is 6.54 Å². The molecule has 1 aliphatic heterocycles. The van der Waals surface area contributed by atoms with Crippen molar-refractivity contribution in [2.45, 2.75) is 52.1 Å². The van der Waals surface area contributed by atoms with E-state index in [9.17, 15) is 4.79 Å². The van der Waals surface area contributed by atoms with Gasteiger partial charge in [-0.25, -0.2) is 0 Å². The minimum atomic E-state index is 0.0395. The van der Waals surface area contributed by atoms with Crippen LogP contribution in [0.1, 0.15) is 55.8 Å². The maximum absolute atomic E-state index is 12.3. The molecule has 1 aromatic heterocycles. The second-order valence-electron chi connectivity index (χ2n) is 5.51. The summed E-state index contributed by atoms with van der Waals surface area (Å²) in [5.74, 6) is 1.34. The van der Waals surface area contributed by atoms with E-state index in [4.69, 9.17) is 4.42 Å². The van der Waals surface area contributed by atoms with Gasteiger partial charge in [-0.2, -0.15) is 0 Å². The first kappa shape index (κ1) is 14.1. The number of carbonyl (C=O) groups is 1. The van der Waals surface area contributed by atoms with Gasteiger partial charge in [-0.05, 0) is 25.0 Å². The van der Waals surface area contributed by atoms with E-state index in [0.717, 1.165) is 31.7 Å². The van der Waals surface area contributed by atoms with Gasteiger partial charge in [0.15, 0.2) is 5.76 Å². The van der Waals surface area contributed by atoms with Crippen molar-refractivity contribution in [3.8, 4) is 0 Å². The van der Waals surface area contributed by atoms with Crippen LogP contribution in [-0.4, -0.2) is 29.9 Å². The Hall–Kier alpha value is -1.29. The number of hydrogen-bond donors (Lipinski definition) is 1. The molecule has 1 aromatic rings. The molecule has 4 heteroatoms. The van der Waals surface area contributed by atoms with Gasteiger partial charge in [0.1, 0.15) is 5.76 Å². The Balaban J connectivity index is 1.94. The quantitative estimate of drug-likeness (QED) is 0.909. The second kappa shape index (κ2) is 6.75. The minimum Gasteiger partial charge on any atom is -0.455 e. The van der Waals surface area contributed by atoms with E-state index in [0.29, 0.717) is 18.3 Å². The lowest BCUT2D eigenvalue weighted by atomic mass is 10.2. The normalized spacial score (nSPS) is 16.7. The zero-order chi connectivity index (χ0) is 13.7. The van der Waals surface area contributed by atoms with Gasteiger partial charge in [0, 0.05) is 19.1 Å². The molecule has 0 spiro atoms. The summed E-state index contributed by atoms with van der Waals surface area (Å²) < 4.78 is 5.64. The lowest BCUT2D eigenvalue weighted by Gasteiger charge is -2.18. The van der Waals surface area contributed by atoms with Crippen LogP contribution in [0.15, 0.2) is 16.5 Å². The summed E-state index contributed by atoms with van der Waals surface area (Å²) in [4.78, 5) is 14.2. The van der Waals surface area contributed by atoms with Crippen LogP contribution in [0.3, 0.4) is 0 Å². The summed E-state index contributed by atoms with van der Waals surface area (Å²) in [6.07, 6.45) is 4.67. The molecule has 1 fully saturated rings. The fraction of sp³-hybridized carbons (Fsp3) is 0.667. The van der Waals surface area contributed by atoms with Gasteiger partial charge in [-0.3, -0.25) is 4.79 Å². The highest BCUT2D eigenvalue weighted by atomic mass is 16.4.